The van der Waals surface area contributed by atoms with Crippen LogP contribution < -0.4 is 5.32 Å². The van der Waals surface area contributed by atoms with Crippen molar-refractivity contribution in [2.75, 3.05) is 6.61 Å². The minimum absolute atomic E-state index is 0.195. The average Bonchev–Trinajstić information content (AvgIpc) is 2.56. The Labute approximate surface area is 150 Å². The highest BCUT2D eigenvalue weighted by Crippen LogP contribution is 2.10. The number of carbonyl (C=O) groups is 2. The smallest absolute Gasteiger partial charge is 0.328 e. The first-order valence-electron chi connectivity index (χ1n) is 9.17. The number of halogens is 1. The number of benzene rings is 1. The van der Waals surface area contributed by atoms with E-state index in [1.807, 2.05) is 13.8 Å². The molecule has 0 aliphatic heterocycles. The van der Waals surface area contributed by atoms with Crippen LogP contribution in [0.5, 0.6) is 0 Å². The van der Waals surface area contributed by atoms with E-state index >= 15 is 0 Å². The maximum Gasteiger partial charge on any atom is 0.328 e. The molecule has 0 fully saturated rings. The Morgan fingerprint density at radius 3 is 2.52 bits per heavy atom. The van der Waals surface area contributed by atoms with E-state index in [0.717, 1.165) is 25.3 Å². The Morgan fingerprint density at radius 2 is 1.88 bits per heavy atom. The molecule has 1 aromatic rings. The lowest BCUT2D eigenvalue weighted by Gasteiger charge is -2.19. The molecule has 25 heavy (non-hydrogen) atoms. The van der Waals surface area contributed by atoms with Crippen LogP contribution >= 0.6 is 0 Å². The molecule has 0 aromatic heterocycles. The second kappa shape index (κ2) is 11.6. The first-order chi connectivity index (χ1) is 11.9. The molecule has 1 atom stereocenters. The summed E-state index contributed by atoms with van der Waals surface area (Å²) in [6.45, 7) is 6.46. The number of hydrogen-bond acceptors (Lipinski definition) is 3. The summed E-state index contributed by atoms with van der Waals surface area (Å²) in [6, 6.07) is 4.70. The van der Waals surface area contributed by atoms with Crippen LogP contribution in [-0.2, 0) is 9.53 Å². The third-order valence-electron chi connectivity index (χ3n) is 3.88. The van der Waals surface area contributed by atoms with Gasteiger partial charge in [-0.2, -0.15) is 0 Å². The topological polar surface area (TPSA) is 55.4 Å². The van der Waals surface area contributed by atoms with Gasteiger partial charge >= 0.3 is 5.97 Å². The van der Waals surface area contributed by atoms with Crippen LogP contribution in [0.3, 0.4) is 0 Å². The molecule has 1 amide bonds. The van der Waals surface area contributed by atoms with Crippen LogP contribution in [0.4, 0.5) is 4.39 Å². The molecule has 5 heteroatoms. The fourth-order valence-electron chi connectivity index (χ4n) is 2.54. The van der Waals surface area contributed by atoms with Gasteiger partial charge in [-0.1, -0.05) is 52.5 Å². The highest BCUT2D eigenvalue weighted by atomic mass is 19.1. The van der Waals surface area contributed by atoms with E-state index in [2.05, 4.69) is 12.2 Å². The van der Waals surface area contributed by atoms with E-state index < -0.39 is 23.7 Å². The first kappa shape index (κ1) is 21.1. The van der Waals surface area contributed by atoms with E-state index in [0.29, 0.717) is 13.0 Å². The number of hydrogen-bond donors (Lipinski definition) is 1. The Bertz CT molecular complexity index is 545. The van der Waals surface area contributed by atoms with Crippen molar-refractivity contribution in [2.24, 2.45) is 5.92 Å². The van der Waals surface area contributed by atoms with Gasteiger partial charge in [0.25, 0.3) is 5.91 Å². The van der Waals surface area contributed by atoms with Gasteiger partial charge in [0.15, 0.2) is 0 Å². The van der Waals surface area contributed by atoms with Gasteiger partial charge in [0, 0.05) is 5.56 Å². The molecule has 0 bridgehead atoms. The van der Waals surface area contributed by atoms with Crippen molar-refractivity contribution in [3.63, 3.8) is 0 Å². The van der Waals surface area contributed by atoms with E-state index in [9.17, 15) is 14.0 Å². The van der Waals surface area contributed by atoms with Crippen molar-refractivity contribution >= 4 is 11.9 Å². The molecule has 1 unspecified atom stereocenters. The molecule has 1 aromatic carbocycles. The summed E-state index contributed by atoms with van der Waals surface area (Å²) in [5.74, 6) is -1.16. The minimum Gasteiger partial charge on any atom is -0.464 e. The zero-order chi connectivity index (χ0) is 18.7. The van der Waals surface area contributed by atoms with Crippen molar-refractivity contribution in [3.05, 3.63) is 35.6 Å². The van der Waals surface area contributed by atoms with Gasteiger partial charge in [-0.3, -0.25) is 4.79 Å². The van der Waals surface area contributed by atoms with Crippen LogP contribution in [0.15, 0.2) is 24.3 Å². The summed E-state index contributed by atoms with van der Waals surface area (Å²) in [6.07, 6.45) is 5.84. The first-order valence-corrected chi connectivity index (χ1v) is 9.17. The zero-order valence-electron chi connectivity index (χ0n) is 15.5. The van der Waals surface area contributed by atoms with Gasteiger partial charge in [0.05, 0.1) is 6.61 Å². The van der Waals surface area contributed by atoms with Gasteiger partial charge in [-0.25, -0.2) is 9.18 Å². The fourth-order valence-corrected chi connectivity index (χ4v) is 2.54. The van der Waals surface area contributed by atoms with Gasteiger partial charge < -0.3 is 10.1 Å². The molecule has 0 saturated heterocycles. The van der Waals surface area contributed by atoms with Crippen LogP contribution in [-0.4, -0.2) is 24.5 Å². The third kappa shape index (κ3) is 8.66. The molecule has 0 heterocycles. The Hall–Kier alpha value is -1.91. The van der Waals surface area contributed by atoms with Crippen molar-refractivity contribution < 1.29 is 18.7 Å². The van der Waals surface area contributed by atoms with Gasteiger partial charge in [-0.15, -0.1) is 0 Å². The highest BCUT2D eigenvalue weighted by molar-refractivity contribution is 5.96. The molecule has 140 valence electrons. The SMILES string of the molecule is CCCCCCCOC(=O)C(CC(C)C)NC(=O)c1cccc(F)c1. The minimum atomic E-state index is -0.716. The summed E-state index contributed by atoms with van der Waals surface area (Å²) in [7, 11) is 0. The Kier molecular flexibility index (Phi) is 9.81. The van der Waals surface area contributed by atoms with Crippen LogP contribution in [0, 0.1) is 11.7 Å². The Balaban J connectivity index is 2.54. The van der Waals surface area contributed by atoms with Gasteiger partial charge in [0.1, 0.15) is 11.9 Å². The lowest BCUT2D eigenvalue weighted by molar-refractivity contribution is -0.146. The predicted molar refractivity (Wildman–Crippen MR) is 96.8 cm³/mol. The molecule has 0 aliphatic rings. The number of esters is 1. The number of nitrogens with one attached hydrogen (secondary N) is 1. The maximum absolute atomic E-state index is 13.3. The normalized spacial score (nSPS) is 12.0. The standard InChI is InChI=1S/C20H30FNO3/c1-4-5-6-7-8-12-25-20(24)18(13-15(2)3)22-19(23)16-10-9-11-17(21)14-16/h9-11,14-15,18H,4-8,12-13H2,1-3H3,(H,22,23). The maximum atomic E-state index is 13.3. The number of unbranched alkanes of at least 4 members (excludes halogenated alkanes) is 4. The molecular weight excluding hydrogens is 321 g/mol. The second-order valence-electron chi connectivity index (χ2n) is 6.75. The summed E-state index contributed by atoms with van der Waals surface area (Å²) in [5.41, 5.74) is 0.195. The van der Waals surface area contributed by atoms with Crippen molar-refractivity contribution in [1.29, 1.82) is 0 Å². The quantitative estimate of drug-likeness (QED) is 0.472. The fraction of sp³-hybridized carbons (Fsp3) is 0.600. The number of amides is 1. The largest absolute Gasteiger partial charge is 0.464 e. The number of ether oxygens (including phenoxy) is 1. The van der Waals surface area contributed by atoms with E-state index in [-0.39, 0.29) is 11.5 Å². The van der Waals surface area contributed by atoms with Crippen LogP contribution in [0.2, 0.25) is 0 Å². The third-order valence-corrected chi connectivity index (χ3v) is 3.88. The van der Waals surface area contributed by atoms with Crippen LogP contribution in [0.25, 0.3) is 0 Å². The molecule has 0 spiro atoms. The summed E-state index contributed by atoms with van der Waals surface area (Å²) >= 11 is 0. The average molecular weight is 351 g/mol. The number of rotatable bonds is 11. The predicted octanol–water partition coefficient (Wildman–Crippen LogP) is 4.48. The molecular formula is C20H30FNO3. The molecule has 0 radical (unpaired) electrons. The van der Waals surface area contributed by atoms with E-state index in [1.165, 1.54) is 31.0 Å². The highest BCUT2D eigenvalue weighted by Gasteiger charge is 2.24. The lowest BCUT2D eigenvalue weighted by atomic mass is 10.0. The number of carbonyl (C=O) groups excluding carboxylic acids is 2. The summed E-state index contributed by atoms with van der Waals surface area (Å²) in [5, 5.41) is 2.67. The summed E-state index contributed by atoms with van der Waals surface area (Å²) < 4.78 is 18.6. The Morgan fingerprint density at radius 1 is 1.16 bits per heavy atom. The van der Waals surface area contributed by atoms with Crippen molar-refractivity contribution in [1.82, 2.24) is 5.32 Å². The summed E-state index contributed by atoms with van der Waals surface area (Å²) in [4.78, 5) is 24.5. The molecule has 4 nitrogen and oxygen atoms in total. The molecule has 1 rings (SSSR count). The second-order valence-corrected chi connectivity index (χ2v) is 6.75. The van der Waals surface area contributed by atoms with Crippen LogP contribution in [0.1, 0.15) is 69.7 Å². The van der Waals surface area contributed by atoms with Crippen molar-refractivity contribution in [2.45, 2.75) is 65.3 Å². The zero-order valence-corrected chi connectivity index (χ0v) is 15.5. The monoisotopic (exact) mass is 351 g/mol. The lowest BCUT2D eigenvalue weighted by Crippen LogP contribution is -2.42. The molecule has 0 saturated carbocycles. The van der Waals surface area contributed by atoms with Gasteiger partial charge in [-0.05, 0) is 37.0 Å². The molecule has 0 aliphatic carbocycles. The molecule has 1 N–H and O–H groups in total. The van der Waals surface area contributed by atoms with Gasteiger partial charge in [0.2, 0.25) is 0 Å². The van der Waals surface area contributed by atoms with E-state index in [4.69, 9.17) is 4.74 Å². The van der Waals surface area contributed by atoms with E-state index in [1.54, 1.807) is 0 Å². The van der Waals surface area contributed by atoms with Crippen molar-refractivity contribution in [3.8, 4) is 0 Å².